The molecule has 0 aromatic heterocycles. The van der Waals surface area contributed by atoms with Crippen molar-refractivity contribution in [2.75, 3.05) is 0 Å². The predicted molar refractivity (Wildman–Crippen MR) is 71.9 cm³/mol. The number of hydrogen-bond donors (Lipinski definition) is 2. The first-order chi connectivity index (χ1) is 9.59. The molecule has 0 saturated heterocycles. The van der Waals surface area contributed by atoms with Gasteiger partial charge in [0.05, 0.1) is 0 Å². The number of rotatable bonds is 2. The summed E-state index contributed by atoms with van der Waals surface area (Å²) in [6.45, 7) is 0. The maximum Gasteiger partial charge on any atom is 0.506 e. The molecule has 0 aromatic rings. The van der Waals surface area contributed by atoms with E-state index in [1.165, 1.54) is 0 Å². The Morgan fingerprint density at radius 1 is 0.800 bits per heavy atom. The standard InChI is InChI=1S/C14H22O6/c15-13(16)19-11-9-7-5-3-1-2-4-6-8-10-12(11)20-14(17)18/h1,3,11-12H,2,4-10H2,(H,15,16)(H,17,18). The van der Waals surface area contributed by atoms with E-state index in [1.807, 2.05) is 0 Å². The van der Waals surface area contributed by atoms with Crippen molar-refractivity contribution in [1.29, 1.82) is 0 Å². The van der Waals surface area contributed by atoms with Crippen LogP contribution >= 0.6 is 0 Å². The third kappa shape index (κ3) is 7.01. The molecule has 0 heterocycles. The van der Waals surface area contributed by atoms with Crippen LogP contribution in [0.3, 0.4) is 0 Å². The lowest BCUT2D eigenvalue weighted by Gasteiger charge is -2.25. The van der Waals surface area contributed by atoms with Crippen LogP contribution in [0.1, 0.15) is 51.4 Å². The summed E-state index contributed by atoms with van der Waals surface area (Å²) in [6, 6.07) is 0. The first kappa shape index (κ1) is 16.3. The minimum Gasteiger partial charge on any atom is -0.450 e. The van der Waals surface area contributed by atoms with Gasteiger partial charge in [0.25, 0.3) is 0 Å². The second kappa shape index (κ2) is 9.23. The van der Waals surface area contributed by atoms with E-state index in [0.29, 0.717) is 12.8 Å². The highest BCUT2D eigenvalue weighted by molar-refractivity contribution is 5.58. The lowest BCUT2D eigenvalue weighted by molar-refractivity contribution is -0.0473. The Morgan fingerprint density at radius 2 is 1.30 bits per heavy atom. The molecule has 0 radical (unpaired) electrons. The number of hydrogen-bond acceptors (Lipinski definition) is 4. The van der Waals surface area contributed by atoms with Gasteiger partial charge in [-0.1, -0.05) is 18.6 Å². The van der Waals surface area contributed by atoms with Crippen molar-refractivity contribution in [2.45, 2.75) is 63.6 Å². The summed E-state index contributed by atoms with van der Waals surface area (Å²) >= 11 is 0. The largest absolute Gasteiger partial charge is 0.506 e. The molecule has 6 nitrogen and oxygen atoms in total. The summed E-state index contributed by atoms with van der Waals surface area (Å²) in [6.07, 6.45) is 6.36. The smallest absolute Gasteiger partial charge is 0.450 e. The summed E-state index contributed by atoms with van der Waals surface area (Å²) in [5.74, 6) is 0. The third-order valence-corrected chi connectivity index (χ3v) is 3.30. The van der Waals surface area contributed by atoms with Gasteiger partial charge in [0.2, 0.25) is 0 Å². The zero-order chi connectivity index (χ0) is 14.8. The quantitative estimate of drug-likeness (QED) is 0.592. The van der Waals surface area contributed by atoms with Gasteiger partial charge in [-0.05, 0) is 44.9 Å². The lowest BCUT2D eigenvalue weighted by atomic mass is 9.99. The van der Waals surface area contributed by atoms with E-state index in [9.17, 15) is 9.59 Å². The number of carbonyl (C=O) groups is 2. The van der Waals surface area contributed by atoms with Gasteiger partial charge in [0, 0.05) is 0 Å². The first-order valence-corrected chi connectivity index (χ1v) is 7.03. The van der Waals surface area contributed by atoms with E-state index in [4.69, 9.17) is 19.7 Å². The Balaban J connectivity index is 2.69. The Kier molecular flexibility index (Phi) is 7.54. The molecule has 0 amide bonds. The number of ether oxygens (including phenoxy) is 2. The molecule has 2 unspecified atom stereocenters. The highest BCUT2D eigenvalue weighted by Gasteiger charge is 2.28. The lowest BCUT2D eigenvalue weighted by Crippen LogP contribution is -2.35. The van der Waals surface area contributed by atoms with Crippen LogP contribution in [0.2, 0.25) is 0 Å². The molecule has 0 fully saturated rings. The average Bonchev–Trinajstić information content (AvgIpc) is 2.35. The molecule has 1 aliphatic carbocycles. The molecule has 2 atom stereocenters. The number of allylic oxidation sites excluding steroid dienone is 2. The van der Waals surface area contributed by atoms with E-state index < -0.39 is 24.5 Å². The fraction of sp³-hybridized carbons (Fsp3) is 0.714. The van der Waals surface area contributed by atoms with Crippen molar-refractivity contribution in [3.05, 3.63) is 12.2 Å². The van der Waals surface area contributed by atoms with Gasteiger partial charge >= 0.3 is 12.3 Å². The molecule has 1 rings (SSSR count). The summed E-state index contributed by atoms with van der Waals surface area (Å²) in [5.41, 5.74) is 0. The third-order valence-electron chi connectivity index (χ3n) is 3.30. The fourth-order valence-corrected chi connectivity index (χ4v) is 2.36. The molecule has 2 N–H and O–H groups in total. The van der Waals surface area contributed by atoms with Gasteiger partial charge in [0.1, 0.15) is 12.2 Å². The predicted octanol–water partition coefficient (Wildman–Crippen LogP) is 3.80. The normalized spacial score (nSPS) is 25.0. The Hall–Kier alpha value is -1.72. The van der Waals surface area contributed by atoms with Crippen LogP contribution in [-0.2, 0) is 9.47 Å². The molecule has 6 heteroatoms. The highest BCUT2D eigenvalue weighted by Crippen LogP contribution is 2.20. The molecule has 1 aliphatic rings. The van der Waals surface area contributed by atoms with Gasteiger partial charge in [-0.15, -0.1) is 0 Å². The minimum absolute atomic E-state index is 0.467. The molecule has 114 valence electrons. The zero-order valence-corrected chi connectivity index (χ0v) is 11.5. The topological polar surface area (TPSA) is 93.1 Å². The highest BCUT2D eigenvalue weighted by atomic mass is 16.7. The van der Waals surface area contributed by atoms with Crippen molar-refractivity contribution in [1.82, 2.24) is 0 Å². The first-order valence-electron chi connectivity index (χ1n) is 7.03. The monoisotopic (exact) mass is 286 g/mol. The molecule has 0 aromatic carbocycles. The maximum absolute atomic E-state index is 10.7. The molecular weight excluding hydrogens is 264 g/mol. The SMILES string of the molecule is O=C(O)OC1CCCC=CCCCCCC1OC(=O)O. The van der Waals surface area contributed by atoms with Gasteiger partial charge in [-0.3, -0.25) is 0 Å². The van der Waals surface area contributed by atoms with Gasteiger partial charge in [-0.2, -0.15) is 0 Å². The maximum atomic E-state index is 10.7. The van der Waals surface area contributed by atoms with Crippen molar-refractivity contribution in [3.8, 4) is 0 Å². The summed E-state index contributed by atoms with van der Waals surface area (Å²) in [4.78, 5) is 21.5. The fourth-order valence-electron chi connectivity index (χ4n) is 2.36. The molecule has 20 heavy (non-hydrogen) atoms. The Labute approximate surface area is 118 Å². The second-order valence-electron chi connectivity index (χ2n) is 4.88. The minimum atomic E-state index is -1.39. The second-order valence-corrected chi connectivity index (χ2v) is 4.88. The molecule has 0 bridgehead atoms. The molecule has 0 saturated carbocycles. The van der Waals surface area contributed by atoms with Gasteiger partial charge in [-0.25, -0.2) is 9.59 Å². The Morgan fingerprint density at radius 3 is 1.85 bits per heavy atom. The van der Waals surface area contributed by atoms with Gasteiger partial charge in [0.15, 0.2) is 0 Å². The van der Waals surface area contributed by atoms with Crippen molar-refractivity contribution in [2.24, 2.45) is 0 Å². The van der Waals surface area contributed by atoms with Crippen LogP contribution in [0.4, 0.5) is 9.59 Å². The summed E-state index contributed by atoms with van der Waals surface area (Å²) in [5, 5.41) is 17.5. The van der Waals surface area contributed by atoms with Crippen molar-refractivity contribution >= 4 is 12.3 Å². The molecule has 0 spiro atoms. The van der Waals surface area contributed by atoms with Crippen LogP contribution in [0.15, 0.2) is 12.2 Å². The Bertz CT molecular complexity index is 339. The van der Waals surface area contributed by atoms with Crippen LogP contribution in [-0.4, -0.2) is 34.7 Å². The van der Waals surface area contributed by atoms with Crippen LogP contribution in [0.5, 0.6) is 0 Å². The molecule has 0 aliphatic heterocycles. The van der Waals surface area contributed by atoms with Crippen molar-refractivity contribution < 1.29 is 29.3 Å². The van der Waals surface area contributed by atoms with E-state index in [2.05, 4.69) is 12.2 Å². The number of carboxylic acid groups (broad SMARTS) is 2. The zero-order valence-electron chi connectivity index (χ0n) is 11.5. The van der Waals surface area contributed by atoms with Crippen molar-refractivity contribution in [3.63, 3.8) is 0 Å². The van der Waals surface area contributed by atoms with Crippen LogP contribution < -0.4 is 0 Å². The summed E-state index contributed by atoms with van der Waals surface area (Å²) < 4.78 is 9.63. The van der Waals surface area contributed by atoms with Gasteiger partial charge < -0.3 is 19.7 Å². The van der Waals surface area contributed by atoms with E-state index in [1.54, 1.807) is 0 Å². The molecular formula is C14H22O6. The van der Waals surface area contributed by atoms with E-state index in [-0.39, 0.29) is 0 Å². The van der Waals surface area contributed by atoms with Crippen LogP contribution in [0.25, 0.3) is 0 Å². The average molecular weight is 286 g/mol. The summed E-state index contributed by atoms with van der Waals surface area (Å²) in [7, 11) is 0. The van der Waals surface area contributed by atoms with E-state index in [0.717, 1.165) is 38.5 Å². The van der Waals surface area contributed by atoms with E-state index >= 15 is 0 Å². The van der Waals surface area contributed by atoms with Crippen LogP contribution in [0, 0.1) is 0 Å².